The topological polar surface area (TPSA) is 42.0 Å². The summed E-state index contributed by atoms with van der Waals surface area (Å²) in [6, 6.07) is 10.4. The van der Waals surface area contributed by atoms with Gasteiger partial charge in [0.2, 0.25) is 0 Å². The number of aromatic nitrogens is 1. The first kappa shape index (κ1) is 13.9. The standard InChI is InChI=1S/C18H20N2OS/c1-11-9-14(11)16(12-5-3-2-4-6-12)20-17(21)15-10-19-18(22-15)13-7-8-13/h2-6,10-11,13-14,16H,7-9H2,1H3,(H,20,21). The van der Waals surface area contributed by atoms with Gasteiger partial charge in [-0.1, -0.05) is 37.3 Å². The van der Waals surface area contributed by atoms with E-state index in [4.69, 9.17) is 0 Å². The van der Waals surface area contributed by atoms with Crippen LogP contribution < -0.4 is 5.32 Å². The number of thiazole rings is 1. The fourth-order valence-electron chi connectivity index (χ4n) is 3.04. The van der Waals surface area contributed by atoms with E-state index in [9.17, 15) is 4.79 Å². The van der Waals surface area contributed by atoms with Gasteiger partial charge in [-0.3, -0.25) is 4.79 Å². The molecule has 1 amide bonds. The van der Waals surface area contributed by atoms with Crippen LogP contribution in [-0.2, 0) is 0 Å². The molecule has 2 saturated carbocycles. The Morgan fingerprint density at radius 1 is 1.32 bits per heavy atom. The van der Waals surface area contributed by atoms with Crippen molar-refractivity contribution in [2.75, 3.05) is 0 Å². The van der Waals surface area contributed by atoms with Crippen molar-refractivity contribution in [1.82, 2.24) is 10.3 Å². The molecule has 0 radical (unpaired) electrons. The fraction of sp³-hybridized carbons (Fsp3) is 0.444. The van der Waals surface area contributed by atoms with Crippen molar-refractivity contribution in [2.24, 2.45) is 11.8 Å². The molecule has 3 unspecified atom stereocenters. The van der Waals surface area contributed by atoms with Gasteiger partial charge in [-0.15, -0.1) is 11.3 Å². The molecule has 1 heterocycles. The van der Waals surface area contributed by atoms with E-state index in [1.54, 1.807) is 17.5 Å². The second kappa shape index (κ2) is 5.51. The van der Waals surface area contributed by atoms with Crippen LogP contribution in [0.15, 0.2) is 36.5 Å². The number of benzene rings is 1. The Morgan fingerprint density at radius 3 is 2.68 bits per heavy atom. The normalized spacial score (nSPS) is 24.8. The highest BCUT2D eigenvalue weighted by molar-refractivity contribution is 7.13. The van der Waals surface area contributed by atoms with Crippen molar-refractivity contribution >= 4 is 17.2 Å². The van der Waals surface area contributed by atoms with E-state index in [1.807, 2.05) is 18.2 Å². The predicted octanol–water partition coefficient (Wildman–Crippen LogP) is 4.15. The molecule has 1 aromatic heterocycles. The first-order valence-electron chi connectivity index (χ1n) is 8.04. The molecule has 1 aromatic carbocycles. The molecular weight excluding hydrogens is 292 g/mol. The van der Waals surface area contributed by atoms with Crippen LogP contribution in [0.5, 0.6) is 0 Å². The van der Waals surface area contributed by atoms with Gasteiger partial charge in [0, 0.05) is 5.92 Å². The molecule has 4 heteroatoms. The van der Waals surface area contributed by atoms with Crippen molar-refractivity contribution in [3.05, 3.63) is 52.0 Å². The minimum Gasteiger partial charge on any atom is -0.344 e. The molecule has 2 aromatic rings. The summed E-state index contributed by atoms with van der Waals surface area (Å²) in [5.74, 6) is 1.88. The molecule has 2 fully saturated rings. The van der Waals surface area contributed by atoms with E-state index in [2.05, 4.69) is 29.4 Å². The smallest absolute Gasteiger partial charge is 0.263 e. The number of nitrogens with one attached hydrogen (secondary N) is 1. The predicted molar refractivity (Wildman–Crippen MR) is 88.0 cm³/mol. The van der Waals surface area contributed by atoms with Gasteiger partial charge in [0.25, 0.3) is 5.91 Å². The zero-order chi connectivity index (χ0) is 15.1. The van der Waals surface area contributed by atoms with Gasteiger partial charge in [0.15, 0.2) is 0 Å². The highest BCUT2D eigenvalue weighted by atomic mass is 32.1. The third-order valence-electron chi connectivity index (χ3n) is 4.72. The second-order valence-corrected chi connectivity index (χ2v) is 7.64. The number of amides is 1. The second-order valence-electron chi connectivity index (χ2n) is 6.58. The SMILES string of the molecule is CC1CC1C(NC(=O)c1cnc(C2CC2)s1)c1ccccc1. The quantitative estimate of drug-likeness (QED) is 0.901. The van der Waals surface area contributed by atoms with Gasteiger partial charge in [-0.05, 0) is 36.7 Å². The average molecular weight is 312 g/mol. The highest BCUT2D eigenvalue weighted by Crippen LogP contribution is 2.47. The summed E-state index contributed by atoms with van der Waals surface area (Å²) in [6.45, 7) is 2.25. The van der Waals surface area contributed by atoms with Crippen molar-refractivity contribution in [3.8, 4) is 0 Å². The first-order valence-corrected chi connectivity index (χ1v) is 8.85. The molecule has 1 N–H and O–H groups in total. The van der Waals surface area contributed by atoms with Crippen LogP contribution in [0.4, 0.5) is 0 Å². The lowest BCUT2D eigenvalue weighted by Gasteiger charge is -2.18. The molecule has 0 bridgehead atoms. The zero-order valence-corrected chi connectivity index (χ0v) is 13.5. The van der Waals surface area contributed by atoms with E-state index in [1.165, 1.54) is 24.8 Å². The molecule has 4 rings (SSSR count). The van der Waals surface area contributed by atoms with Gasteiger partial charge in [0.1, 0.15) is 4.88 Å². The van der Waals surface area contributed by atoms with Gasteiger partial charge in [-0.25, -0.2) is 4.98 Å². The maximum atomic E-state index is 12.6. The lowest BCUT2D eigenvalue weighted by molar-refractivity contribution is 0.0934. The summed E-state index contributed by atoms with van der Waals surface area (Å²) in [4.78, 5) is 17.7. The minimum atomic E-state index is 0.0253. The van der Waals surface area contributed by atoms with Gasteiger partial charge >= 0.3 is 0 Å². The van der Waals surface area contributed by atoms with Crippen LogP contribution in [0.25, 0.3) is 0 Å². The molecule has 0 spiro atoms. The van der Waals surface area contributed by atoms with Crippen molar-refractivity contribution in [1.29, 1.82) is 0 Å². The van der Waals surface area contributed by atoms with E-state index in [-0.39, 0.29) is 11.9 Å². The molecule has 3 nitrogen and oxygen atoms in total. The van der Waals surface area contributed by atoms with Crippen molar-refractivity contribution < 1.29 is 4.79 Å². The van der Waals surface area contributed by atoms with Crippen LogP contribution >= 0.6 is 11.3 Å². The summed E-state index contributed by atoms with van der Waals surface area (Å²) < 4.78 is 0. The Balaban J connectivity index is 1.51. The van der Waals surface area contributed by atoms with Crippen LogP contribution in [0.3, 0.4) is 0 Å². The molecule has 0 aliphatic heterocycles. The van der Waals surface area contributed by atoms with E-state index < -0.39 is 0 Å². The van der Waals surface area contributed by atoms with Crippen molar-refractivity contribution in [3.63, 3.8) is 0 Å². The van der Waals surface area contributed by atoms with E-state index in [0.717, 1.165) is 9.88 Å². The summed E-state index contributed by atoms with van der Waals surface area (Å²) in [6.07, 6.45) is 5.38. The summed E-state index contributed by atoms with van der Waals surface area (Å²) in [5, 5.41) is 4.37. The fourth-order valence-corrected chi connectivity index (χ4v) is 4.03. The van der Waals surface area contributed by atoms with Gasteiger partial charge in [0.05, 0.1) is 17.2 Å². The number of carbonyl (C=O) groups excluding carboxylic acids is 1. The molecule has 2 aliphatic carbocycles. The maximum absolute atomic E-state index is 12.6. The Kier molecular flexibility index (Phi) is 3.49. The minimum absolute atomic E-state index is 0.0253. The Labute approximate surface area is 134 Å². The Hall–Kier alpha value is -1.68. The lowest BCUT2D eigenvalue weighted by atomic mass is 10.0. The van der Waals surface area contributed by atoms with E-state index in [0.29, 0.717) is 17.8 Å². The van der Waals surface area contributed by atoms with Crippen molar-refractivity contribution in [2.45, 2.75) is 38.1 Å². The summed E-state index contributed by atoms with van der Waals surface area (Å²) in [5.41, 5.74) is 1.21. The van der Waals surface area contributed by atoms with Gasteiger partial charge in [-0.2, -0.15) is 0 Å². The molecular formula is C18H20N2OS. The van der Waals surface area contributed by atoms with Gasteiger partial charge < -0.3 is 5.32 Å². The maximum Gasteiger partial charge on any atom is 0.263 e. The number of hydrogen-bond donors (Lipinski definition) is 1. The lowest BCUT2D eigenvalue weighted by Crippen LogP contribution is -2.29. The number of nitrogens with zero attached hydrogens (tertiary/aromatic N) is 1. The summed E-state index contributed by atoms with van der Waals surface area (Å²) >= 11 is 1.56. The Morgan fingerprint density at radius 2 is 2.05 bits per heavy atom. The van der Waals surface area contributed by atoms with Crippen LogP contribution in [0.1, 0.15) is 58.4 Å². The highest BCUT2D eigenvalue weighted by Gasteiger charge is 2.41. The average Bonchev–Trinajstić information content (AvgIpc) is 3.46. The zero-order valence-electron chi connectivity index (χ0n) is 12.7. The molecule has 22 heavy (non-hydrogen) atoms. The number of carbonyl (C=O) groups is 1. The largest absolute Gasteiger partial charge is 0.344 e. The monoisotopic (exact) mass is 312 g/mol. The number of hydrogen-bond acceptors (Lipinski definition) is 3. The first-order chi connectivity index (χ1) is 10.7. The third-order valence-corrected chi connectivity index (χ3v) is 5.88. The molecule has 2 aliphatic rings. The number of rotatable bonds is 5. The van der Waals surface area contributed by atoms with Crippen LogP contribution in [0.2, 0.25) is 0 Å². The summed E-state index contributed by atoms with van der Waals surface area (Å²) in [7, 11) is 0. The molecule has 0 saturated heterocycles. The van der Waals surface area contributed by atoms with Crippen LogP contribution in [0, 0.1) is 11.8 Å². The third kappa shape index (κ3) is 2.80. The van der Waals surface area contributed by atoms with Crippen LogP contribution in [-0.4, -0.2) is 10.9 Å². The molecule has 3 atom stereocenters. The molecule has 114 valence electrons. The Bertz CT molecular complexity index is 677. The van der Waals surface area contributed by atoms with E-state index >= 15 is 0 Å².